The Morgan fingerprint density at radius 2 is 2.06 bits per heavy atom. The lowest BCUT2D eigenvalue weighted by atomic mass is 10.0. The van der Waals surface area contributed by atoms with Gasteiger partial charge in [0.1, 0.15) is 5.82 Å². The highest BCUT2D eigenvalue weighted by Gasteiger charge is 2.26. The lowest BCUT2D eigenvalue weighted by molar-refractivity contribution is 0.486. The zero-order chi connectivity index (χ0) is 20.9. The van der Waals surface area contributed by atoms with Gasteiger partial charge in [-0.05, 0) is 49.2 Å². The number of nitrogens with one attached hydrogen (secondary N) is 1. The standard InChI is InChI=1S/C22H28FN7.HI/c1-3-24-22(29-12-9-17(16-29)18-14-26-28(2)15-18)25-11-8-20-10-13-30(27-20)21-6-4-19(23)5-7-21;/h4-7,10,13-15,17H,3,8-9,11-12,16H2,1-2H3,(H,24,25);1H. The van der Waals surface area contributed by atoms with Crippen LogP contribution in [0.1, 0.15) is 30.5 Å². The molecular weight excluding hydrogens is 508 g/mol. The normalized spacial score (nSPS) is 16.4. The summed E-state index contributed by atoms with van der Waals surface area (Å²) in [5, 5.41) is 12.3. The zero-order valence-corrected chi connectivity index (χ0v) is 20.2. The number of rotatable bonds is 6. The van der Waals surface area contributed by atoms with Gasteiger partial charge in [0.05, 0.1) is 17.6 Å². The molecular formula is C22H29FIN7. The van der Waals surface area contributed by atoms with Gasteiger partial charge in [0.2, 0.25) is 0 Å². The van der Waals surface area contributed by atoms with Gasteiger partial charge in [-0.2, -0.15) is 10.2 Å². The fourth-order valence-corrected chi connectivity index (χ4v) is 3.81. The number of hydrogen-bond acceptors (Lipinski definition) is 3. The van der Waals surface area contributed by atoms with Gasteiger partial charge in [-0.3, -0.25) is 9.67 Å². The minimum absolute atomic E-state index is 0. The monoisotopic (exact) mass is 537 g/mol. The Labute approximate surface area is 199 Å². The van der Waals surface area contributed by atoms with Crippen molar-refractivity contribution in [3.63, 3.8) is 0 Å². The second-order valence-corrected chi connectivity index (χ2v) is 7.59. The third-order valence-electron chi connectivity index (χ3n) is 5.38. The van der Waals surface area contributed by atoms with Crippen molar-refractivity contribution in [1.29, 1.82) is 0 Å². The summed E-state index contributed by atoms with van der Waals surface area (Å²) in [6, 6.07) is 8.32. The first-order valence-electron chi connectivity index (χ1n) is 10.4. The van der Waals surface area contributed by atoms with Crippen LogP contribution in [0.25, 0.3) is 5.69 Å². The van der Waals surface area contributed by atoms with E-state index in [0.717, 1.165) is 49.8 Å². The Hall–Kier alpha value is -2.43. The summed E-state index contributed by atoms with van der Waals surface area (Å²) in [6.45, 7) is 5.54. The Morgan fingerprint density at radius 1 is 1.26 bits per heavy atom. The molecule has 1 atom stereocenters. The molecule has 1 aliphatic rings. The van der Waals surface area contributed by atoms with E-state index in [1.165, 1.54) is 17.7 Å². The van der Waals surface area contributed by atoms with E-state index in [4.69, 9.17) is 4.99 Å². The molecule has 2 aromatic heterocycles. The van der Waals surface area contributed by atoms with Crippen LogP contribution in [0.2, 0.25) is 0 Å². The first-order valence-corrected chi connectivity index (χ1v) is 10.4. The molecule has 4 rings (SSSR count). The van der Waals surface area contributed by atoms with Crippen molar-refractivity contribution in [3.05, 3.63) is 66.0 Å². The third kappa shape index (κ3) is 5.84. The number of aryl methyl sites for hydroxylation is 1. The minimum atomic E-state index is -0.246. The number of nitrogens with zero attached hydrogens (tertiary/aromatic N) is 6. The maximum absolute atomic E-state index is 13.1. The molecule has 31 heavy (non-hydrogen) atoms. The lowest BCUT2D eigenvalue weighted by Gasteiger charge is -2.21. The fraction of sp³-hybridized carbons (Fsp3) is 0.409. The molecule has 0 spiro atoms. The molecule has 7 nitrogen and oxygen atoms in total. The summed E-state index contributed by atoms with van der Waals surface area (Å²) in [5.74, 6) is 1.21. The van der Waals surface area contributed by atoms with Crippen molar-refractivity contribution in [3.8, 4) is 5.69 Å². The van der Waals surface area contributed by atoms with E-state index in [1.54, 1.807) is 16.8 Å². The molecule has 0 bridgehead atoms. The average molecular weight is 537 g/mol. The minimum Gasteiger partial charge on any atom is -0.357 e. The molecule has 1 fully saturated rings. The first kappa shape index (κ1) is 23.2. The van der Waals surface area contributed by atoms with Crippen molar-refractivity contribution in [1.82, 2.24) is 29.8 Å². The predicted molar refractivity (Wildman–Crippen MR) is 131 cm³/mol. The molecule has 0 saturated carbocycles. The van der Waals surface area contributed by atoms with Gasteiger partial charge in [-0.15, -0.1) is 24.0 Å². The number of aliphatic imine (C=N–C) groups is 1. The highest BCUT2D eigenvalue weighted by molar-refractivity contribution is 14.0. The Bertz CT molecular complexity index is 995. The predicted octanol–water partition coefficient (Wildman–Crippen LogP) is 3.36. The largest absolute Gasteiger partial charge is 0.357 e. The van der Waals surface area contributed by atoms with E-state index in [0.29, 0.717) is 12.5 Å². The summed E-state index contributed by atoms with van der Waals surface area (Å²) in [5.41, 5.74) is 3.11. The van der Waals surface area contributed by atoms with Crippen molar-refractivity contribution >= 4 is 29.9 Å². The van der Waals surface area contributed by atoms with Crippen LogP contribution >= 0.6 is 24.0 Å². The third-order valence-corrected chi connectivity index (χ3v) is 5.38. The van der Waals surface area contributed by atoms with Gasteiger partial charge in [-0.25, -0.2) is 9.07 Å². The van der Waals surface area contributed by atoms with Gasteiger partial charge in [0.25, 0.3) is 0 Å². The molecule has 9 heteroatoms. The van der Waals surface area contributed by atoms with Crippen molar-refractivity contribution < 1.29 is 4.39 Å². The lowest BCUT2D eigenvalue weighted by Crippen LogP contribution is -2.40. The quantitative estimate of drug-likeness (QED) is 0.298. The van der Waals surface area contributed by atoms with Crippen LogP contribution in [-0.2, 0) is 13.5 Å². The molecule has 1 aliphatic heterocycles. The van der Waals surface area contributed by atoms with Crippen molar-refractivity contribution in [2.45, 2.75) is 25.7 Å². The second kappa shape index (κ2) is 10.7. The summed E-state index contributed by atoms with van der Waals surface area (Å²) in [7, 11) is 1.96. The number of halogens is 2. The smallest absolute Gasteiger partial charge is 0.193 e. The Kier molecular flexibility index (Phi) is 8.05. The zero-order valence-electron chi connectivity index (χ0n) is 17.9. The number of hydrogen-bond donors (Lipinski definition) is 1. The van der Waals surface area contributed by atoms with Gasteiger partial charge in [0.15, 0.2) is 5.96 Å². The van der Waals surface area contributed by atoms with E-state index >= 15 is 0 Å². The Balaban J connectivity index is 0.00000272. The van der Waals surface area contributed by atoms with Crippen LogP contribution in [0, 0.1) is 5.82 Å². The summed E-state index contributed by atoms with van der Waals surface area (Å²) in [4.78, 5) is 7.16. The van der Waals surface area contributed by atoms with E-state index in [1.807, 2.05) is 30.2 Å². The van der Waals surface area contributed by atoms with Gasteiger partial charge >= 0.3 is 0 Å². The maximum Gasteiger partial charge on any atom is 0.193 e. The number of guanidine groups is 1. The van der Waals surface area contributed by atoms with Gasteiger partial charge in [0, 0.05) is 58.0 Å². The number of benzene rings is 1. The van der Waals surface area contributed by atoms with Gasteiger partial charge < -0.3 is 10.2 Å². The summed E-state index contributed by atoms with van der Waals surface area (Å²) >= 11 is 0. The van der Waals surface area contributed by atoms with Crippen LogP contribution in [0.15, 0.2) is 53.9 Å². The molecule has 0 radical (unpaired) electrons. The molecule has 1 saturated heterocycles. The molecule has 0 aliphatic carbocycles. The molecule has 1 aromatic carbocycles. The fourth-order valence-electron chi connectivity index (χ4n) is 3.81. The average Bonchev–Trinajstić information content (AvgIpc) is 3.48. The van der Waals surface area contributed by atoms with E-state index < -0.39 is 0 Å². The summed E-state index contributed by atoms with van der Waals surface area (Å²) < 4.78 is 16.7. The maximum atomic E-state index is 13.1. The highest BCUT2D eigenvalue weighted by atomic mass is 127. The molecule has 0 amide bonds. The van der Waals surface area contributed by atoms with Crippen LogP contribution in [0.4, 0.5) is 4.39 Å². The Morgan fingerprint density at radius 3 is 2.77 bits per heavy atom. The molecule has 3 heterocycles. The number of likely N-dealkylation sites (tertiary alicyclic amines) is 1. The van der Waals surface area contributed by atoms with Crippen molar-refractivity contribution in [2.24, 2.45) is 12.0 Å². The number of aromatic nitrogens is 4. The van der Waals surface area contributed by atoms with E-state index in [-0.39, 0.29) is 29.8 Å². The molecule has 1 N–H and O–H groups in total. The topological polar surface area (TPSA) is 63.3 Å². The second-order valence-electron chi connectivity index (χ2n) is 7.59. The van der Waals surface area contributed by atoms with Crippen LogP contribution in [0.5, 0.6) is 0 Å². The first-order chi connectivity index (χ1) is 14.6. The van der Waals surface area contributed by atoms with Crippen molar-refractivity contribution in [2.75, 3.05) is 26.2 Å². The van der Waals surface area contributed by atoms with E-state index in [9.17, 15) is 4.39 Å². The summed E-state index contributed by atoms with van der Waals surface area (Å²) in [6.07, 6.45) is 7.84. The van der Waals surface area contributed by atoms with Crippen LogP contribution < -0.4 is 5.32 Å². The molecule has 3 aromatic rings. The van der Waals surface area contributed by atoms with Gasteiger partial charge in [-0.1, -0.05) is 0 Å². The molecule has 166 valence electrons. The van der Waals surface area contributed by atoms with Crippen LogP contribution in [0.3, 0.4) is 0 Å². The van der Waals surface area contributed by atoms with Crippen LogP contribution in [-0.4, -0.2) is 56.6 Å². The SMILES string of the molecule is CCNC(=NCCc1ccn(-c2ccc(F)cc2)n1)N1CCC(c2cnn(C)c2)C1.I. The van der Waals surface area contributed by atoms with E-state index in [2.05, 4.69) is 33.5 Å². The highest BCUT2D eigenvalue weighted by Crippen LogP contribution is 2.26. The molecule has 1 unspecified atom stereocenters.